The highest BCUT2D eigenvalue weighted by Crippen LogP contribution is 2.37. The van der Waals surface area contributed by atoms with Crippen LogP contribution in [0.3, 0.4) is 0 Å². The molecule has 0 amide bonds. The summed E-state index contributed by atoms with van der Waals surface area (Å²) in [6.45, 7) is 3.92. The zero-order valence-electron chi connectivity index (χ0n) is 10.4. The van der Waals surface area contributed by atoms with Gasteiger partial charge in [0.15, 0.2) is 0 Å². The van der Waals surface area contributed by atoms with Crippen molar-refractivity contribution in [1.29, 1.82) is 0 Å². The molecule has 0 saturated carbocycles. The van der Waals surface area contributed by atoms with Crippen molar-refractivity contribution in [2.24, 2.45) is 0 Å². The number of benzene rings is 1. The van der Waals surface area contributed by atoms with E-state index in [9.17, 15) is 5.11 Å². The van der Waals surface area contributed by atoms with Crippen molar-refractivity contribution in [2.45, 2.75) is 32.3 Å². The standard InChI is InChI=1S/C13H20O3/c1-5-13(14,6-2)11-9-10(15-3)7-8-12(11)16-4/h7-9,14H,5-6H2,1-4H3. The van der Waals surface area contributed by atoms with Gasteiger partial charge in [0.25, 0.3) is 0 Å². The molecular weight excluding hydrogens is 204 g/mol. The van der Waals surface area contributed by atoms with Crippen LogP contribution in [0.25, 0.3) is 0 Å². The maximum absolute atomic E-state index is 10.5. The van der Waals surface area contributed by atoms with Crippen LogP contribution in [-0.4, -0.2) is 19.3 Å². The first-order valence-electron chi connectivity index (χ1n) is 5.56. The molecule has 0 aromatic heterocycles. The molecule has 0 aliphatic heterocycles. The first kappa shape index (κ1) is 12.8. The third-order valence-corrected chi connectivity index (χ3v) is 3.08. The lowest BCUT2D eigenvalue weighted by atomic mass is 9.88. The molecule has 0 bridgehead atoms. The minimum absolute atomic E-state index is 0.646. The fourth-order valence-corrected chi connectivity index (χ4v) is 1.81. The summed E-state index contributed by atoms with van der Waals surface area (Å²) in [5, 5.41) is 10.5. The Bertz CT molecular complexity index is 343. The van der Waals surface area contributed by atoms with Gasteiger partial charge in [-0.05, 0) is 31.0 Å². The van der Waals surface area contributed by atoms with Gasteiger partial charge in [0.1, 0.15) is 11.5 Å². The van der Waals surface area contributed by atoms with Gasteiger partial charge in [-0.15, -0.1) is 0 Å². The van der Waals surface area contributed by atoms with Gasteiger partial charge in [0.05, 0.1) is 19.8 Å². The van der Waals surface area contributed by atoms with E-state index in [0.717, 1.165) is 11.3 Å². The molecule has 0 heterocycles. The molecule has 1 rings (SSSR count). The summed E-state index contributed by atoms with van der Waals surface area (Å²) in [5.74, 6) is 1.43. The largest absolute Gasteiger partial charge is 0.497 e. The second-order valence-electron chi connectivity index (χ2n) is 3.80. The summed E-state index contributed by atoms with van der Waals surface area (Å²) in [5.41, 5.74) is -0.0563. The minimum Gasteiger partial charge on any atom is -0.497 e. The molecule has 0 unspecified atom stereocenters. The van der Waals surface area contributed by atoms with Crippen molar-refractivity contribution in [2.75, 3.05) is 14.2 Å². The number of methoxy groups -OCH3 is 2. The van der Waals surface area contributed by atoms with Crippen LogP contribution in [0.15, 0.2) is 18.2 Å². The average molecular weight is 224 g/mol. The van der Waals surface area contributed by atoms with E-state index in [1.165, 1.54) is 0 Å². The van der Waals surface area contributed by atoms with Gasteiger partial charge in [0, 0.05) is 5.56 Å². The number of aliphatic hydroxyl groups is 1. The van der Waals surface area contributed by atoms with Crippen LogP contribution >= 0.6 is 0 Å². The van der Waals surface area contributed by atoms with Crippen LogP contribution in [0.4, 0.5) is 0 Å². The first-order valence-corrected chi connectivity index (χ1v) is 5.56. The molecule has 1 aromatic rings. The van der Waals surface area contributed by atoms with Crippen LogP contribution in [-0.2, 0) is 5.60 Å². The topological polar surface area (TPSA) is 38.7 Å². The number of hydrogen-bond acceptors (Lipinski definition) is 3. The Hall–Kier alpha value is -1.22. The normalized spacial score (nSPS) is 11.3. The lowest BCUT2D eigenvalue weighted by Crippen LogP contribution is -2.24. The third-order valence-electron chi connectivity index (χ3n) is 3.08. The van der Waals surface area contributed by atoms with Gasteiger partial charge in [-0.25, -0.2) is 0 Å². The second-order valence-corrected chi connectivity index (χ2v) is 3.80. The Labute approximate surface area is 97.0 Å². The molecule has 16 heavy (non-hydrogen) atoms. The van der Waals surface area contributed by atoms with Crippen molar-refractivity contribution < 1.29 is 14.6 Å². The predicted molar refractivity (Wildman–Crippen MR) is 64.0 cm³/mol. The van der Waals surface area contributed by atoms with Crippen molar-refractivity contribution in [3.8, 4) is 11.5 Å². The van der Waals surface area contributed by atoms with E-state index >= 15 is 0 Å². The van der Waals surface area contributed by atoms with Gasteiger partial charge in [0.2, 0.25) is 0 Å². The zero-order valence-corrected chi connectivity index (χ0v) is 10.4. The van der Waals surface area contributed by atoms with Crippen LogP contribution in [0.5, 0.6) is 11.5 Å². The van der Waals surface area contributed by atoms with Crippen molar-refractivity contribution in [1.82, 2.24) is 0 Å². The first-order chi connectivity index (χ1) is 7.61. The number of rotatable bonds is 5. The number of hydrogen-bond donors (Lipinski definition) is 1. The van der Waals surface area contributed by atoms with E-state index in [1.807, 2.05) is 32.0 Å². The molecule has 1 N–H and O–H groups in total. The molecule has 0 aliphatic carbocycles. The van der Waals surface area contributed by atoms with Crippen molar-refractivity contribution in [3.05, 3.63) is 23.8 Å². The molecule has 0 aliphatic rings. The van der Waals surface area contributed by atoms with Gasteiger partial charge in [-0.1, -0.05) is 13.8 Å². The molecular formula is C13H20O3. The van der Waals surface area contributed by atoms with Crippen LogP contribution in [0, 0.1) is 0 Å². The quantitative estimate of drug-likeness (QED) is 0.835. The fraction of sp³-hybridized carbons (Fsp3) is 0.538. The van der Waals surface area contributed by atoms with E-state index < -0.39 is 5.60 Å². The molecule has 0 radical (unpaired) electrons. The molecule has 90 valence electrons. The Morgan fingerprint density at radius 3 is 2.19 bits per heavy atom. The summed E-state index contributed by atoms with van der Waals surface area (Å²) in [7, 11) is 3.22. The molecule has 0 spiro atoms. The summed E-state index contributed by atoms with van der Waals surface area (Å²) in [6.07, 6.45) is 1.29. The van der Waals surface area contributed by atoms with Crippen molar-refractivity contribution in [3.63, 3.8) is 0 Å². The maximum Gasteiger partial charge on any atom is 0.125 e. The van der Waals surface area contributed by atoms with Crippen LogP contribution in [0.2, 0.25) is 0 Å². The summed E-state index contributed by atoms with van der Waals surface area (Å²) >= 11 is 0. The molecule has 0 saturated heterocycles. The highest BCUT2D eigenvalue weighted by molar-refractivity contribution is 5.43. The van der Waals surface area contributed by atoms with E-state index in [2.05, 4.69) is 0 Å². The van der Waals surface area contributed by atoms with Crippen LogP contribution < -0.4 is 9.47 Å². The Kier molecular flexibility index (Phi) is 4.19. The summed E-state index contributed by atoms with van der Waals surface area (Å²) < 4.78 is 10.5. The molecule has 3 heteroatoms. The van der Waals surface area contributed by atoms with Gasteiger partial charge in [-0.2, -0.15) is 0 Å². The molecule has 3 nitrogen and oxygen atoms in total. The van der Waals surface area contributed by atoms with E-state index in [-0.39, 0.29) is 0 Å². The molecule has 1 aromatic carbocycles. The maximum atomic E-state index is 10.5. The van der Waals surface area contributed by atoms with Crippen molar-refractivity contribution >= 4 is 0 Å². The van der Waals surface area contributed by atoms with Crippen LogP contribution in [0.1, 0.15) is 32.3 Å². The smallest absolute Gasteiger partial charge is 0.125 e. The lowest BCUT2D eigenvalue weighted by Gasteiger charge is -2.27. The zero-order chi connectivity index (χ0) is 12.2. The molecule has 0 atom stereocenters. The summed E-state index contributed by atoms with van der Waals surface area (Å²) in [4.78, 5) is 0. The summed E-state index contributed by atoms with van der Waals surface area (Å²) in [6, 6.07) is 5.49. The number of ether oxygens (including phenoxy) is 2. The fourth-order valence-electron chi connectivity index (χ4n) is 1.81. The van der Waals surface area contributed by atoms with E-state index in [1.54, 1.807) is 14.2 Å². The van der Waals surface area contributed by atoms with E-state index in [4.69, 9.17) is 9.47 Å². The highest BCUT2D eigenvalue weighted by Gasteiger charge is 2.28. The Morgan fingerprint density at radius 2 is 1.75 bits per heavy atom. The Morgan fingerprint density at radius 1 is 1.12 bits per heavy atom. The molecule has 0 fully saturated rings. The Balaban J connectivity index is 3.27. The van der Waals surface area contributed by atoms with Gasteiger partial charge < -0.3 is 14.6 Å². The second kappa shape index (κ2) is 5.21. The highest BCUT2D eigenvalue weighted by atomic mass is 16.5. The van der Waals surface area contributed by atoms with Gasteiger partial charge in [-0.3, -0.25) is 0 Å². The monoisotopic (exact) mass is 224 g/mol. The minimum atomic E-state index is -0.847. The third kappa shape index (κ3) is 2.30. The predicted octanol–water partition coefficient (Wildman–Crippen LogP) is 2.71. The van der Waals surface area contributed by atoms with Gasteiger partial charge >= 0.3 is 0 Å². The van der Waals surface area contributed by atoms with E-state index in [0.29, 0.717) is 18.6 Å². The average Bonchev–Trinajstić information content (AvgIpc) is 2.37. The lowest BCUT2D eigenvalue weighted by molar-refractivity contribution is 0.0258. The SMILES string of the molecule is CCC(O)(CC)c1cc(OC)ccc1OC.